The lowest BCUT2D eigenvalue weighted by Gasteiger charge is -2.10. The lowest BCUT2D eigenvalue weighted by atomic mass is 10.2. The topological polar surface area (TPSA) is 80.3 Å². The number of benzene rings is 1. The number of hydrogen-bond acceptors (Lipinski definition) is 4. The molecule has 0 radical (unpaired) electrons. The van der Waals surface area contributed by atoms with E-state index < -0.39 is 0 Å². The number of rotatable bonds is 7. The second-order valence-electron chi connectivity index (χ2n) is 5.97. The van der Waals surface area contributed by atoms with Crippen molar-refractivity contribution in [1.82, 2.24) is 25.4 Å². The smallest absolute Gasteiger partial charge is 0.226 e. The maximum absolute atomic E-state index is 13.0. The maximum Gasteiger partial charge on any atom is 0.226 e. The number of hydrogen-bond donors (Lipinski definition) is 2. The summed E-state index contributed by atoms with van der Waals surface area (Å²) in [6, 6.07) is 8.03. The first-order valence-electron chi connectivity index (χ1n) is 8.85. The molecular formula is C19H24FIN6O. The molecule has 0 saturated heterocycles. The molecule has 0 fully saturated rings. The molecule has 0 unspecified atom stereocenters. The largest absolute Gasteiger partial charge is 0.444 e. The van der Waals surface area contributed by atoms with Crippen molar-refractivity contribution < 1.29 is 8.81 Å². The fourth-order valence-electron chi connectivity index (χ4n) is 2.51. The Hall–Kier alpha value is -2.43. The molecule has 0 spiro atoms. The molecule has 2 N–H and O–H groups in total. The van der Waals surface area contributed by atoms with E-state index in [2.05, 4.69) is 25.7 Å². The molecule has 0 aliphatic carbocycles. The van der Waals surface area contributed by atoms with Crippen LogP contribution in [0, 0.1) is 5.82 Å². The molecule has 2 aromatic heterocycles. The lowest BCUT2D eigenvalue weighted by molar-refractivity contribution is 0.571. The minimum Gasteiger partial charge on any atom is -0.444 e. The predicted octanol–water partition coefficient (Wildman–Crippen LogP) is 3.13. The number of nitrogens with one attached hydrogen (secondary N) is 2. The highest BCUT2D eigenvalue weighted by molar-refractivity contribution is 14.0. The summed E-state index contributed by atoms with van der Waals surface area (Å²) in [6.07, 6.45) is 4.06. The fourth-order valence-corrected chi connectivity index (χ4v) is 2.51. The van der Waals surface area contributed by atoms with Crippen LogP contribution in [-0.4, -0.2) is 33.8 Å². The molecule has 2 heterocycles. The molecule has 1 aromatic carbocycles. The third-order valence-corrected chi connectivity index (χ3v) is 3.98. The predicted molar refractivity (Wildman–Crippen MR) is 117 cm³/mol. The standard InChI is InChI=1S/C19H23FN6O.HI/c1-3-21-19(23-12-17-9-11-24-26(17)2)22-10-8-16-13-27-18(25-16)14-4-6-15(20)7-5-14;/h4-7,9,11,13H,3,8,10,12H2,1-2H3,(H2,21,22,23);1H. The molecule has 0 aliphatic rings. The molecule has 3 rings (SSSR count). The van der Waals surface area contributed by atoms with Gasteiger partial charge in [0.15, 0.2) is 5.96 Å². The Kier molecular flexibility index (Phi) is 8.42. The van der Waals surface area contributed by atoms with Crippen LogP contribution in [0.2, 0.25) is 0 Å². The van der Waals surface area contributed by atoms with E-state index in [-0.39, 0.29) is 29.8 Å². The first-order chi connectivity index (χ1) is 13.2. The lowest BCUT2D eigenvalue weighted by Crippen LogP contribution is -2.38. The van der Waals surface area contributed by atoms with Gasteiger partial charge in [-0.1, -0.05) is 0 Å². The third-order valence-electron chi connectivity index (χ3n) is 3.98. The zero-order valence-electron chi connectivity index (χ0n) is 15.9. The normalized spacial score (nSPS) is 11.2. The van der Waals surface area contributed by atoms with Gasteiger partial charge in [0, 0.05) is 38.3 Å². The van der Waals surface area contributed by atoms with Crippen molar-refractivity contribution in [2.24, 2.45) is 12.0 Å². The van der Waals surface area contributed by atoms with Gasteiger partial charge in [-0.3, -0.25) is 4.68 Å². The molecular weight excluding hydrogens is 474 g/mol. The van der Waals surface area contributed by atoms with Crippen LogP contribution in [0.5, 0.6) is 0 Å². The minimum atomic E-state index is -0.281. The van der Waals surface area contributed by atoms with Crippen LogP contribution in [0.15, 0.2) is 52.2 Å². The van der Waals surface area contributed by atoms with E-state index in [1.807, 2.05) is 20.0 Å². The first-order valence-corrected chi connectivity index (χ1v) is 8.85. The number of aliphatic imine (C=N–C) groups is 1. The second-order valence-corrected chi connectivity index (χ2v) is 5.97. The maximum atomic E-state index is 13.0. The molecule has 150 valence electrons. The van der Waals surface area contributed by atoms with E-state index in [1.165, 1.54) is 12.1 Å². The van der Waals surface area contributed by atoms with Gasteiger partial charge in [-0.15, -0.1) is 24.0 Å². The Labute approximate surface area is 180 Å². The number of halogens is 2. The summed E-state index contributed by atoms with van der Waals surface area (Å²) in [5, 5.41) is 10.6. The average molecular weight is 498 g/mol. The van der Waals surface area contributed by atoms with Gasteiger partial charge in [0.1, 0.15) is 12.1 Å². The highest BCUT2D eigenvalue weighted by atomic mass is 127. The summed E-state index contributed by atoms with van der Waals surface area (Å²) >= 11 is 0. The Morgan fingerprint density at radius 1 is 1.21 bits per heavy atom. The quantitative estimate of drug-likeness (QED) is 0.297. The van der Waals surface area contributed by atoms with Gasteiger partial charge < -0.3 is 15.1 Å². The molecule has 0 saturated carbocycles. The number of aryl methyl sites for hydroxylation is 1. The van der Waals surface area contributed by atoms with Crippen molar-refractivity contribution in [1.29, 1.82) is 0 Å². The second kappa shape index (κ2) is 10.8. The number of guanidine groups is 1. The monoisotopic (exact) mass is 498 g/mol. The number of oxazole rings is 1. The van der Waals surface area contributed by atoms with E-state index in [4.69, 9.17) is 4.42 Å². The van der Waals surface area contributed by atoms with Crippen LogP contribution in [0.1, 0.15) is 18.3 Å². The summed E-state index contributed by atoms with van der Waals surface area (Å²) in [5.74, 6) is 0.943. The van der Waals surface area contributed by atoms with E-state index >= 15 is 0 Å². The molecule has 9 heteroatoms. The SMILES string of the molecule is CCNC(=NCc1ccnn1C)NCCc1coc(-c2ccc(F)cc2)n1.I. The van der Waals surface area contributed by atoms with Gasteiger partial charge in [-0.25, -0.2) is 14.4 Å². The zero-order valence-corrected chi connectivity index (χ0v) is 18.2. The van der Waals surface area contributed by atoms with E-state index in [0.29, 0.717) is 25.4 Å². The van der Waals surface area contributed by atoms with Crippen molar-refractivity contribution in [2.45, 2.75) is 19.9 Å². The van der Waals surface area contributed by atoms with E-state index in [9.17, 15) is 4.39 Å². The van der Waals surface area contributed by atoms with Gasteiger partial charge in [-0.2, -0.15) is 5.10 Å². The molecule has 7 nitrogen and oxygen atoms in total. The van der Waals surface area contributed by atoms with Crippen LogP contribution >= 0.6 is 24.0 Å². The zero-order chi connectivity index (χ0) is 19.1. The van der Waals surface area contributed by atoms with Gasteiger partial charge in [-0.05, 0) is 37.3 Å². The number of nitrogens with zero attached hydrogens (tertiary/aromatic N) is 4. The Bertz CT molecular complexity index is 890. The molecule has 28 heavy (non-hydrogen) atoms. The number of aromatic nitrogens is 3. The Balaban J connectivity index is 0.00000280. The third kappa shape index (κ3) is 6.04. The van der Waals surface area contributed by atoms with Crippen molar-refractivity contribution in [2.75, 3.05) is 13.1 Å². The van der Waals surface area contributed by atoms with Gasteiger partial charge >= 0.3 is 0 Å². The van der Waals surface area contributed by atoms with Crippen molar-refractivity contribution in [3.63, 3.8) is 0 Å². The Morgan fingerprint density at radius 2 is 2.00 bits per heavy atom. The summed E-state index contributed by atoms with van der Waals surface area (Å²) in [4.78, 5) is 9.01. The van der Waals surface area contributed by atoms with E-state index in [1.54, 1.807) is 29.3 Å². The molecule has 0 bridgehead atoms. The molecule has 0 atom stereocenters. The van der Waals surface area contributed by atoms with Crippen LogP contribution in [0.4, 0.5) is 4.39 Å². The summed E-state index contributed by atoms with van der Waals surface area (Å²) in [6.45, 7) is 4.00. The minimum absolute atomic E-state index is 0. The van der Waals surface area contributed by atoms with E-state index in [0.717, 1.165) is 29.5 Å². The summed E-state index contributed by atoms with van der Waals surface area (Å²) in [5.41, 5.74) is 2.61. The highest BCUT2D eigenvalue weighted by Gasteiger charge is 2.07. The fraction of sp³-hybridized carbons (Fsp3) is 0.316. The van der Waals surface area contributed by atoms with Gasteiger partial charge in [0.2, 0.25) is 5.89 Å². The van der Waals surface area contributed by atoms with Crippen LogP contribution in [0.25, 0.3) is 11.5 Å². The Morgan fingerprint density at radius 3 is 2.68 bits per heavy atom. The highest BCUT2D eigenvalue weighted by Crippen LogP contribution is 2.18. The first kappa shape index (κ1) is 21.9. The van der Waals surface area contributed by atoms with Crippen LogP contribution < -0.4 is 10.6 Å². The average Bonchev–Trinajstić information content (AvgIpc) is 3.29. The van der Waals surface area contributed by atoms with Gasteiger partial charge in [0.05, 0.1) is 17.9 Å². The van der Waals surface area contributed by atoms with Crippen LogP contribution in [0.3, 0.4) is 0 Å². The summed E-state index contributed by atoms with van der Waals surface area (Å²) in [7, 11) is 1.90. The molecule has 3 aromatic rings. The van der Waals surface area contributed by atoms with Crippen molar-refractivity contribution >= 4 is 29.9 Å². The molecule has 0 amide bonds. The van der Waals surface area contributed by atoms with Crippen LogP contribution in [-0.2, 0) is 20.0 Å². The summed E-state index contributed by atoms with van der Waals surface area (Å²) < 4.78 is 20.3. The van der Waals surface area contributed by atoms with Gasteiger partial charge in [0.25, 0.3) is 0 Å². The van der Waals surface area contributed by atoms with Crippen molar-refractivity contribution in [3.8, 4) is 11.5 Å². The van der Waals surface area contributed by atoms with Crippen molar-refractivity contribution in [3.05, 3.63) is 60.0 Å². The molecule has 0 aliphatic heterocycles.